The Labute approximate surface area is 225 Å². The van der Waals surface area contributed by atoms with Crippen LogP contribution in [0, 0.1) is 24.1 Å². The van der Waals surface area contributed by atoms with E-state index in [4.69, 9.17) is 4.74 Å². The summed E-state index contributed by atoms with van der Waals surface area (Å²) in [6, 6.07) is 2.93. The molecule has 2 aliphatic rings. The molecule has 1 aliphatic carbocycles. The molecule has 10 nitrogen and oxygen atoms in total. The van der Waals surface area contributed by atoms with Crippen LogP contribution in [0.15, 0.2) is 24.5 Å². The molecule has 1 aromatic carbocycles. The molecule has 4 N–H and O–H groups in total. The number of amides is 2. The van der Waals surface area contributed by atoms with E-state index in [2.05, 4.69) is 20.3 Å². The fourth-order valence-corrected chi connectivity index (χ4v) is 5.49. The van der Waals surface area contributed by atoms with E-state index in [1.165, 1.54) is 23.4 Å². The van der Waals surface area contributed by atoms with Crippen molar-refractivity contribution in [1.29, 1.82) is 0 Å². The topological polar surface area (TPSA) is 141 Å². The first kappa shape index (κ1) is 26.9. The maximum Gasteiger partial charge on any atom is 0.407 e. The number of nitrogens with zero attached hydrogens (tertiary/aromatic N) is 3. The molecule has 2 amide bonds. The number of hydrogen-bond donors (Lipinski definition) is 4. The molecule has 2 fully saturated rings. The van der Waals surface area contributed by atoms with Gasteiger partial charge in [-0.15, -0.1) is 0 Å². The zero-order chi connectivity index (χ0) is 28.1. The first-order valence-electron chi connectivity index (χ1n) is 13.2. The Hall–Kier alpha value is -3.73. The van der Waals surface area contributed by atoms with Crippen molar-refractivity contribution in [2.75, 3.05) is 13.2 Å². The molecule has 0 radical (unpaired) electrons. The fraction of sp³-hybridized carbons (Fsp3) is 0.500. The number of aliphatic hydroxyl groups is 1. The quantitative estimate of drug-likeness (QED) is 0.369. The lowest BCUT2D eigenvalue weighted by Gasteiger charge is -2.47. The molecule has 1 saturated heterocycles. The van der Waals surface area contributed by atoms with Gasteiger partial charge in [0.1, 0.15) is 29.1 Å². The minimum absolute atomic E-state index is 0.182. The van der Waals surface area contributed by atoms with Gasteiger partial charge in [-0.2, -0.15) is 0 Å². The zero-order valence-electron chi connectivity index (χ0n) is 22.5. The first-order valence-corrected chi connectivity index (χ1v) is 13.2. The number of likely N-dealkylation sites (tertiary alicyclic amines) is 1. The summed E-state index contributed by atoms with van der Waals surface area (Å²) in [4.78, 5) is 38.6. The molecule has 208 valence electrons. The molecule has 3 aromatic rings. The number of hydrogen-bond acceptors (Lipinski definition) is 6. The summed E-state index contributed by atoms with van der Waals surface area (Å²) >= 11 is 0. The Kier molecular flexibility index (Phi) is 6.96. The lowest BCUT2D eigenvalue weighted by Crippen LogP contribution is -2.64. The zero-order valence-corrected chi connectivity index (χ0v) is 22.5. The maximum absolute atomic E-state index is 14.3. The van der Waals surface area contributed by atoms with Gasteiger partial charge in [0, 0.05) is 17.8 Å². The van der Waals surface area contributed by atoms with Crippen LogP contribution in [0.5, 0.6) is 5.75 Å². The number of aromatic nitrogens is 3. The van der Waals surface area contributed by atoms with Gasteiger partial charge in [-0.1, -0.05) is 20.8 Å². The predicted octanol–water partition coefficient (Wildman–Crippen LogP) is 4.12. The number of carboxylic acid groups (broad SMARTS) is 1. The third kappa shape index (κ3) is 5.27. The molecule has 2 aromatic heterocycles. The Morgan fingerprint density at radius 1 is 1.23 bits per heavy atom. The van der Waals surface area contributed by atoms with Crippen LogP contribution in [0.4, 0.5) is 9.18 Å². The van der Waals surface area contributed by atoms with Crippen molar-refractivity contribution < 1.29 is 28.9 Å². The number of ether oxygens (including phenoxy) is 1. The van der Waals surface area contributed by atoms with E-state index in [0.717, 1.165) is 12.8 Å². The van der Waals surface area contributed by atoms with Crippen LogP contribution in [0.3, 0.4) is 0 Å². The van der Waals surface area contributed by atoms with Crippen molar-refractivity contribution in [3.63, 3.8) is 0 Å². The number of aliphatic hydroxyl groups excluding tert-OH is 1. The Balaban J connectivity index is 1.46. The van der Waals surface area contributed by atoms with Gasteiger partial charge in [0.2, 0.25) is 0 Å². The lowest BCUT2D eigenvalue weighted by atomic mass is 9.77. The highest BCUT2D eigenvalue weighted by Crippen LogP contribution is 2.37. The van der Waals surface area contributed by atoms with Gasteiger partial charge in [-0.3, -0.25) is 4.79 Å². The SMILES string of the molecule is Cc1[nH]c2c(-c3cc(F)ccc3OCC3CC3)ncnc2c1C(=O)N[C@@H]1CCN(C(=O)O)C(C(C)(C)C)[C@@H]1O. The molecule has 1 aliphatic heterocycles. The third-order valence-corrected chi connectivity index (χ3v) is 7.57. The second-order valence-electron chi connectivity index (χ2n) is 11.6. The maximum atomic E-state index is 14.3. The molecule has 1 unspecified atom stereocenters. The Bertz CT molecular complexity index is 1410. The van der Waals surface area contributed by atoms with Crippen LogP contribution in [0.2, 0.25) is 0 Å². The number of carbonyl (C=O) groups excluding carboxylic acids is 1. The molecule has 3 heterocycles. The molecule has 0 bridgehead atoms. The number of fused-ring (bicyclic) bond motifs is 1. The summed E-state index contributed by atoms with van der Waals surface area (Å²) < 4.78 is 20.3. The van der Waals surface area contributed by atoms with Gasteiger partial charge in [0.05, 0.1) is 35.9 Å². The number of aryl methyl sites for hydroxylation is 1. The van der Waals surface area contributed by atoms with Crippen LogP contribution in [-0.4, -0.2) is 73.4 Å². The molecular formula is C28H34FN5O5. The van der Waals surface area contributed by atoms with Crippen LogP contribution in [-0.2, 0) is 0 Å². The van der Waals surface area contributed by atoms with Crippen molar-refractivity contribution in [2.24, 2.45) is 11.3 Å². The summed E-state index contributed by atoms with van der Waals surface area (Å²) in [6.07, 6.45) is 1.61. The normalized spacial score (nSPS) is 21.7. The van der Waals surface area contributed by atoms with Crippen molar-refractivity contribution in [1.82, 2.24) is 25.2 Å². The number of piperidine rings is 1. The monoisotopic (exact) mass is 539 g/mol. The van der Waals surface area contributed by atoms with E-state index in [1.54, 1.807) is 13.0 Å². The molecule has 1 saturated carbocycles. The highest BCUT2D eigenvalue weighted by Gasteiger charge is 2.46. The van der Waals surface area contributed by atoms with Crippen molar-refractivity contribution in [3.8, 4) is 17.0 Å². The van der Waals surface area contributed by atoms with Crippen LogP contribution in [0.1, 0.15) is 56.1 Å². The summed E-state index contributed by atoms with van der Waals surface area (Å²) in [5.41, 5.74) is 1.96. The molecule has 3 atom stereocenters. The Morgan fingerprint density at radius 3 is 2.64 bits per heavy atom. The van der Waals surface area contributed by atoms with Gasteiger partial charge in [0.15, 0.2) is 0 Å². The minimum Gasteiger partial charge on any atom is -0.493 e. The van der Waals surface area contributed by atoms with E-state index in [-0.39, 0.29) is 18.5 Å². The smallest absolute Gasteiger partial charge is 0.407 e. The number of rotatable bonds is 6. The molecule has 0 spiro atoms. The highest BCUT2D eigenvalue weighted by molar-refractivity contribution is 6.09. The van der Waals surface area contributed by atoms with Gasteiger partial charge in [0.25, 0.3) is 5.91 Å². The Morgan fingerprint density at radius 2 is 1.97 bits per heavy atom. The average Bonchev–Trinajstić information content (AvgIpc) is 3.62. The molecule has 11 heteroatoms. The van der Waals surface area contributed by atoms with E-state index in [9.17, 15) is 24.2 Å². The first-order chi connectivity index (χ1) is 18.5. The fourth-order valence-electron chi connectivity index (χ4n) is 5.49. The van der Waals surface area contributed by atoms with E-state index < -0.39 is 41.4 Å². The standard InChI is InChI=1S/C28H34FN5O5/c1-14-20(26(36)33-18-9-10-34(27(37)38)25(24(18)35)28(2,3)4)22-23(32-14)21(30-13-31-22)17-11-16(29)7-8-19(17)39-12-15-5-6-15/h7-8,11,13,15,18,24-25,32,35H,5-6,9-10,12H2,1-4H3,(H,33,36)(H,37,38)/t18-,24-,25?/m1/s1. The van der Waals surface area contributed by atoms with Gasteiger partial charge in [-0.25, -0.2) is 19.2 Å². The predicted molar refractivity (Wildman–Crippen MR) is 142 cm³/mol. The van der Waals surface area contributed by atoms with Gasteiger partial charge < -0.3 is 30.2 Å². The lowest BCUT2D eigenvalue weighted by molar-refractivity contribution is -0.0470. The van der Waals surface area contributed by atoms with Crippen LogP contribution in [0.25, 0.3) is 22.3 Å². The number of benzene rings is 1. The number of nitrogens with one attached hydrogen (secondary N) is 2. The van der Waals surface area contributed by atoms with Gasteiger partial charge >= 0.3 is 6.09 Å². The van der Waals surface area contributed by atoms with Gasteiger partial charge in [-0.05, 0) is 55.7 Å². The summed E-state index contributed by atoms with van der Waals surface area (Å²) in [5, 5.41) is 23.7. The summed E-state index contributed by atoms with van der Waals surface area (Å²) in [7, 11) is 0. The minimum atomic E-state index is -1.10. The van der Waals surface area contributed by atoms with Crippen molar-refractivity contribution >= 4 is 23.0 Å². The number of H-pyrrole nitrogens is 1. The van der Waals surface area contributed by atoms with E-state index in [1.807, 2.05) is 20.8 Å². The van der Waals surface area contributed by atoms with E-state index >= 15 is 0 Å². The van der Waals surface area contributed by atoms with Crippen LogP contribution < -0.4 is 10.1 Å². The summed E-state index contributed by atoms with van der Waals surface area (Å²) in [6.45, 7) is 8.04. The third-order valence-electron chi connectivity index (χ3n) is 7.57. The second-order valence-corrected chi connectivity index (χ2v) is 11.6. The average molecular weight is 540 g/mol. The molecule has 39 heavy (non-hydrogen) atoms. The summed E-state index contributed by atoms with van der Waals surface area (Å²) in [5.74, 6) is 0.121. The van der Waals surface area contributed by atoms with Crippen molar-refractivity contribution in [3.05, 3.63) is 41.6 Å². The molecular weight excluding hydrogens is 505 g/mol. The van der Waals surface area contributed by atoms with Crippen LogP contribution >= 0.6 is 0 Å². The van der Waals surface area contributed by atoms with Crippen molar-refractivity contribution in [2.45, 2.75) is 65.1 Å². The van der Waals surface area contributed by atoms with E-state index in [0.29, 0.717) is 46.3 Å². The second kappa shape index (κ2) is 10.1. The number of aromatic amines is 1. The largest absolute Gasteiger partial charge is 0.493 e. The molecule has 5 rings (SSSR count). The highest BCUT2D eigenvalue weighted by atomic mass is 19.1. The number of carbonyl (C=O) groups is 2. The number of halogens is 1.